The third-order valence-electron chi connectivity index (χ3n) is 7.85. The Hall–Kier alpha value is -1.02. The number of carbonyl (C=O) groups is 1. The van der Waals surface area contributed by atoms with Gasteiger partial charge in [0.2, 0.25) is 5.91 Å². The van der Waals surface area contributed by atoms with Crippen molar-refractivity contribution in [3.63, 3.8) is 0 Å². The van der Waals surface area contributed by atoms with Gasteiger partial charge in [-0.2, -0.15) is 0 Å². The maximum atomic E-state index is 13.2. The zero-order chi connectivity index (χ0) is 17.3. The van der Waals surface area contributed by atoms with Crippen molar-refractivity contribution in [3.8, 4) is 0 Å². The number of likely N-dealkylation sites (tertiary alicyclic amines) is 1. The molecule has 1 heterocycles. The standard InChI is InChI=1S/C22H28ClNO/c1-22(2)20(13-6-8-18(23)9-7-13)24(21(22)25)19-15-5-3-4-14-10-17(19)12-16(14)11-15/h6-9,14-17,19-20H,3-5,10-12H2,1-2H3. The lowest BCUT2D eigenvalue weighted by Gasteiger charge is -2.60. The van der Waals surface area contributed by atoms with E-state index in [1.807, 2.05) is 12.1 Å². The molecule has 134 valence electrons. The van der Waals surface area contributed by atoms with Crippen LogP contribution in [0.15, 0.2) is 24.3 Å². The molecule has 1 aliphatic heterocycles. The van der Waals surface area contributed by atoms with Gasteiger partial charge in [0.1, 0.15) is 0 Å². The van der Waals surface area contributed by atoms with Crippen molar-refractivity contribution < 1.29 is 4.79 Å². The number of benzene rings is 1. The molecule has 3 aliphatic carbocycles. The third-order valence-corrected chi connectivity index (χ3v) is 8.11. The molecule has 6 atom stereocenters. The van der Waals surface area contributed by atoms with E-state index in [2.05, 4.69) is 30.9 Å². The van der Waals surface area contributed by atoms with Gasteiger partial charge in [0, 0.05) is 11.1 Å². The first-order valence-corrected chi connectivity index (χ1v) is 10.4. The van der Waals surface area contributed by atoms with Gasteiger partial charge in [-0.3, -0.25) is 4.79 Å². The molecule has 3 bridgehead atoms. The normalized spacial score (nSPS) is 41.6. The molecule has 1 amide bonds. The van der Waals surface area contributed by atoms with E-state index in [9.17, 15) is 4.79 Å². The fraction of sp³-hybridized carbons (Fsp3) is 0.682. The lowest BCUT2D eigenvalue weighted by molar-refractivity contribution is -0.182. The second kappa shape index (κ2) is 5.49. The van der Waals surface area contributed by atoms with Crippen LogP contribution >= 0.6 is 11.6 Å². The minimum absolute atomic E-state index is 0.208. The molecule has 1 aromatic carbocycles. The Morgan fingerprint density at radius 2 is 1.60 bits per heavy atom. The largest absolute Gasteiger partial charge is 0.331 e. The van der Waals surface area contributed by atoms with Crippen LogP contribution in [0, 0.1) is 29.1 Å². The summed E-state index contributed by atoms with van der Waals surface area (Å²) in [7, 11) is 0. The number of amides is 1. The second-order valence-electron chi connectivity index (χ2n) is 9.56. The van der Waals surface area contributed by atoms with Crippen molar-refractivity contribution in [2.45, 2.75) is 64.5 Å². The van der Waals surface area contributed by atoms with Crippen LogP contribution in [0.1, 0.15) is 64.0 Å². The van der Waals surface area contributed by atoms with E-state index in [1.165, 1.54) is 44.1 Å². The van der Waals surface area contributed by atoms with Crippen LogP contribution in [0.2, 0.25) is 5.02 Å². The summed E-state index contributed by atoms with van der Waals surface area (Å²) in [6.45, 7) is 4.24. The highest BCUT2D eigenvalue weighted by Gasteiger charge is 2.61. The highest BCUT2D eigenvalue weighted by Crippen LogP contribution is 2.60. The fourth-order valence-electron chi connectivity index (χ4n) is 6.86. The van der Waals surface area contributed by atoms with E-state index in [0.29, 0.717) is 11.9 Å². The van der Waals surface area contributed by atoms with Crippen molar-refractivity contribution in [3.05, 3.63) is 34.9 Å². The summed E-state index contributed by atoms with van der Waals surface area (Å²) in [4.78, 5) is 15.5. The van der Waals surface area contributed by atoms with Gasteiger partial charge in [-0.05, 0) is 80.9 Å². The van der Waals surface area contributed by atoms with E-state index in [0.717, 1.165) is 28.7 Å². The predicted molar refractivity (Wildman–Crippen MR) is 100 cm³/mol. The van der Waals surface area contributed by atoms with Crippen molar-refractivity contribution in [2.24, 2.45) is 29.1 Å². The first kappa shape index (κ1) is 16.2. The molecule has 0 spiro atoms. The highest BCUT2D eigenvalue weighted by molar-refractivity contribution is 6.30. The number of halogens is 1. The SMILES string of the molecule is CC1(C)C(=O)N(C2C3CCCC4CC2CC4C3)C1c1ccc(Cl)cc1. The van der Waals surface area contributed by atoms with Gasteiger partial charge in [0.05, 0.1) is 11.5 Å². The molecular formula is C22H28ClNO. The molecule has 2 nitrogen and oxygen atoms in total. The molecule has 5 rings (SSSR count). The van der Waals surface area contributed by atoms with Gasteiger partial charge in [-0.25, -0.2) is 0 Å². The minimum atomic E-state index is -0.294. The van der Waals surface area contributed by atoms with Crippen molar-refractivity contribution >= 4 is 17.5 Å². The van der Waals surface area contributed by atoms with Crippen molar-refractivity contribution in [1.29, 1.82) is 0 Å². The van der Waals surface area contributed by atoms with E-state index in [-0.39, 0.29) is 11.5 Å². The molecule has 4 fully saturated rings. The molecule has 3 saturated carbocycles. The topological polar surface area (TPSA) is 20.3 Å². The average Bonchev–Trinajstić information content (AvgIpc) is 2.82. The molecule has 1 aromatic rings. The average molecular weight is 358 g/mol. The van der Waals surface area contributed by atoms with Crippen LogP contribution in [0.4, 0.5) is 0 Å². The summed E-state index contributed by atoms with van der Waals surface area (Å²) in [6, 6.07) is 8.87. The van der Waals surface area contributed by atoms with Gasteiger partial charge in [0.25, 0.3) is 0 Å². The Bertz CT molecular complexity index is 696. The van der Waals surface area contributed by atoms with Crippen LogP contribution in [-0.4, -0.2) is 16.8 Å². The van der Waals surface area contributed by atoms with E-state index >= 15 is 0 Å². The van der Waals surface area contributed by atoms with Crippen LogP contribution in [0.3, 0.4) is 0 Å². The Kier molecular flexibility index (Phi) is 3.55. The molecule has 4 aliphatic rings. The predicted octanol–water partition coefficient (Wildman–Crippen LogP) is 5.46. The first-order valence-electron chi connectivity index (χ1n) is 10.0. The summed E-state index contributed by atoms with van der Waals surface area (Å²) in [5.74, 6) is 3.73. The zero-order valence-corrected chi connectivity index (χ0v) is 16.0. The quantitative estimate of drug-likeness (QED) is 0.643. The molecule has 6 unspecified atom stereocenters. The Labute approximate surface area is 155 Å². The van der Waals surface area contributed by atoms with Gasteiger partial charge in [-0.1, -0.05) is 36.6 Å². The summed E-state index contributed by atoms with van der Waals surface area (Å²) in [5, 5.41) is 0.769. The minimum Gasteiger partial charge on any atom is -0.331 e. The maximum Gasteiger partial charge on any atom is 0.231 e. The Morgan fingerprint density at radius 3 is 2.36 bits per heavy atom. The number of nitrogens with zero attached hydrogens (tertiary/aromatic N) is 1. The second-order valence-corrected chi connectivity index (χ2v) is 9.99. The first-order chi connectivity index (χ1) is 12.0. The van der Waals surface area contributed by atoms with Crippen LogP contribution < -0.4 is 0 Å². The monoisotopic (exact) mass is 357 g/mol. The summed E-state index contributed by atoms with van der Waals surface area (Å²) in [5.41, 5.74) is 0.957. The number of β-lactam (4-membered cyclic amide) rings is 1. The van der Waals surface area contributed by atoms with E-state index < -0.39 is 0 Å². The molecule has 1 saturated heterocycles. The molecule has 0 N–H and O–H groups in total. The Balaban J connectivity index is 1.51. The van der Waals surface area contributed by atoms with Gasteiger partial charge in [-0.15, -0.1) is 0 Å². The van der Waals surface area contributed by atoms with Crippen molar-refractivity contribution in [1.82, 2.24) is 4.90 Å². The summed E-state index contributed by atoms with van der Waals surface area (Å²) in [6.07, 6.45) is 8.22. The van der Waals surface area contributed by atoms with Crippen LogP contribution in [0.25, 0.3) is 0 Å². The lowest BCUT2D eigenvalue weighted by atomic mass is 9.65. The molecule has 3 heteroatoms. The Morgan fingerprint density at radius 1 is 0.960 bits per heavy atom. The molecule has 0 aromatic heterocycles. The number of hydrogen-bond acceptors (Lipinski definition) is 1. The van der Waals surface area contributed by atoms with Gasteiger partial charge in [0.15, 0.2) is 0 Å². The summed E-state index contributed by atoms with van der Waals surface area (Å²) < 4.78 is 0. The lowest BCUT2D eigenvalue weighted by Crippen LogP contribution is -2.67. The number of fused-ring (bicyclic) bond motifs is 2. The smallest absolute Gasteiger partial charge is 0.231 e. The molecule has 0 radical (unpaired) electrons. The van der Waals surface area contributed by atoms with Crippen LogP contribution in [0.5, 0.6) is 0 Å². The molecule has 25 heavy (non-hydrogen) atoms. The molecular weight excluding hydrogens is 330 g/mol. The number of carbonyl (C=O) groups excluding carboxylic acids is 1. The van der Waals surface area contributed by atoms with Gasteiger partial charge >= 0.3 is 0 Å². The third kappa shape index (κ3) is 2.25. The number of hydrogen-bond donors (Lipinski definition) is 0. The zero-order valence-electron chi connectivity index (χ0n) is 15.2. The van der Waals surface area contributed by atoms with E-state index in [4.69, 9.17) is 11.6 Å². The van der Waals surface area contributed by atoms with Crippen molar-refractivity contribution in [2.75, 3.05) is 0 Å². The van der Waals surface area contributed by atoms with Crippen LogP contribution in [-0.2, 0) is 4.79 Å². The maximum absolute atomic E-state index is 13.2. The highest BCUT2D eigenvalue weighted by atomic mass is 35.5. The summed E-state index contributed by atoms with van der Waals surface area (Å²) >= 11 is 6.10. The fourth-order valence-corrected chi connectivity index (χ4v) is 6.98. The van der Waals surface area contributed by atoms with Gasteiger partial charge < -0.3 is 4.90 Å². The van der Waals surface area contributed by atoms with E-state index in [1.54, 1.807) is 0 Å². The number of rotatable bonds is 2.